The third kappa shape index (κ3) is 4.47. The van der Waals surface area contributed by atoms with Crippen molar-refractivity contribution < 1.29 is 14.9 Å². The fraction of sp³-hybridized carbons (Fsp3) is 0.310. The van der Waals surface area contributed by atoms with Crippen molar-refractivity contribution in [2.45, 2.75) is 26.3 Å². The zero-order valence-electron chi connectivity index (χ0n) is 21.7. The summed E-state index contributed by atoms with van der Waals surface area (Å²) < 4.78 is 13.5. The smallest absolute Gasteiger partial charge is 0.158 e. The summed E-state index contributed by atoms with van der Waals surface area (Å²) in [5, 5.41) is 24.4. The number of aryl methyl sites for hydroxylation is 1. The van der Waals surface area contributed by atoms with E-state index in [1.54, 1.807) is 6.07 Å². The molecule has 0 unspecified atom stereocenters. The zero-order chi connectivity index (χ0) is 26.4. The Morgan fingerprint density at radius 2 is 1.79 bits per heavy atom. The Balaban J connectivity index is 1.35. The first-order valence-electron chi connectivity index (χ1n) is 12.8. The molecular formula is C29H31N5O3S. The third-order valence-corrected chi connectivity index (χ3v) is 8.23. The number of rotatable bonds is 6. The fourth-order valence-electron chi connectivity index (χ4n) is 5.14. The van der Waals surface area contributed by atoms with Crippen molar-refractivity contribution in [3.8, 4) is 34.0 Å². The second kappa shape index (κ2) is 9.58. The normalized spacial score (nSPS) is 14.9. The molecule has 1 aliphatic rings. The minimum absolute atomic E-state index is 0.0185. The van der Waals surface area contributed by atoms with Gasteiger partial charge in [-0.05, 0) is 79.8 Å². The van der Waals surface area contributed by atoms with Crippen molar-refractivity contribution in [1.82, 2.24) is 18.7 Å². The topological polar surface area (TPSA) is 95.2 Å². The number of benzene rings is 2. The molecule has 3 aromatic heterocycles. The molecule has 5 aromatic rings. The first kappa shape index (κ1) is 24.7. The minimum atomic E-state index is -0.164. The van der Waals surface area contributed by atoms with Crippen LogP contribution in [-0.4, -0.2) is 67.3 Å². The van der Waals surface area contributed by atoms with Crippen LogP contribution in [0.4, 0.5) is 5.82 Å². The molecule has 0 saturated carbocycles. The third-order valence-electron chi connectivity index (χ3n) is 7.40. The number of fused-ring (bicyclic) bond motifs is 2. The lowest BCUT2D eigenvalue weighted by Crippen LogP contribution is -2.53. The lowest BCUT2D eigenvalue weighted by Gasteiger charge is -2.40. The van der Waals surface area contributed by atoms with Crippen molar-refractivity contribution in [3.05, 3.63) is 60.3 Å². The maximum absolute atomic E-state index is 9.98. The van der Waals surface area contributed by atoms with Crippen LogP contribution in [-0.2, 0) is 4.74 Å². The summed E-state index contributed by atoms with van der Waals surface area (Å²) in [5.41, 5.74) is 5.50. The number of morpholine rings is 1. The summed E-state index contributed by atoms with van der Waals surface area (Å²) in [4.78, 5) is 7.26. The van der Waals surface area contributed by atoms with E-state index in [0.29, 0.717) is 0 Å². The Morgan fingerprint density at radius 1 is 1.00 bits per heavy atom. The second-order valence-electron chi connectivity index (χ2n) is 10.4. The van der Waals surface area contributed by atoms with Crippen LogP contribution in [0.5, 0.6) is 11.5 Å². The highest BCUT2D eigenvalue weighted by Gasteiger charge is 2.28. The van der Waals surface area contributed by atoms with Gasteiger partial charge in [-0.15, -0.1) is 0 Å². The predicted octanol–water partition coefficient (Wildman–Crippen LogP) is 5.52. The molecule has 8 nitrogen and oxygen atoms in total. The van der Waals surface area contributed by atoms with Gasteiger partial charge in [-0.25, -0.2) is 4.98 Å². The van der Waals surface area contributed by atoms with E-state index in [1.165, 1.54) is 23.7 Å². The van der Waals surface area contributed by atoms with Gasteiger partial charge < -0.3 is 20.3 Å². The number of imidazole rings is 1. The van der Waals surface area contributed by atoms with E-state index in [1.807, 2.05) is 12.3 Å². The number of pyridine rings is 1. The molecule has 38 heavy (non-hydrogen) atoms. The largest absolute Gasteiger partial charge is 0.504 e. The van der Waals surface area contributed by atoms with Crippen molar-refractivity contribution in [2.24, 2.45) is 0 Å². The average Bonchev–Trinajstić information content (AvgIpc) is 3.53. The van der Waals surface area contributed by atoms with Crippen LogP contribution in [0.15, 0.2) is 54.7 Å². The molecule has 4 heterocycles. The van der Waals surface area contributed by atoms with E-state index in [4.69, 9.17) is 14.1 Å². The molecule has 0 aliphatic carbocycles. The van der Waals surface area contributed by atoms with Gasteiger partial charge in [-0.3, -0.25) is 9.30 Å². The molecule has 2 aromatic carbocycles. The van der Waals surface area contributed by atoms with Crippen LogP contribution in [0.3, 0.4) is 0 Å². The van der Waals surface area contributed by atoms with Gasteiger partial charge in [0.05, 0.1) is 29.3 Å². The molecule has 1 fully saturated rings. The van der Waals surface area contributed by atoms with Gasteiger partial charge in [0.25, 0.3) is 0 Å². The highest BCUT2D eigenvalue weighted by molar-refractivity contribution is 7.13. The fourth-order valence-corrected chi connectivity index (χ4v) is 5.88. The number of phenols is 2. The molecule has 6 rings (SSSR count). The van der Waals surface area contributed by atoms with Gasteiger partial charge in [-0.1, -0.05) is 12.1 Å². The van der Waals surface area contributed by atoms with E-state index in [-0.39, 0.29) is 17.0 Å². The van der Waals surface area contributed by atoms with Gasteiger partial charge in [0, 0.05) is 42.3 Å². The van der Waals surface area contributed by atoms with Gasteiger partial charge in [0.1, 0.15) is 11.5 Å². The van der Waals surface area contributed by atoms with Crippen molar-refractivity contribution >= 4 is 33.1 Å². The highest BCUT2D eigenvalue weighted by Crippen LogP contribution is 2.35. The number of aromatic nitrogens is 3. The lowest BCUT2D eigenvalue weighted by molar-refractivity contribution is -0.00569. The summed E-state index contributed by atoms with van der Waals surface area (Å²) in [7, 11) is 0. The SMILES string of the molecule is Cc1ccc2nc(-c3ccc(O)c(O)c3)cn2c1-c1ccc2snc(NCC(C)(C)N3CCOCC3)c2c1. The minimum Gasteiger partial charge on any atom is -0.504 e. The maximum Gasteiger partial charge on any atom is 0.158 e. The number of hydrogen-bond donors (Lipinski definition) is 3. The van der Waals surface area contributed by atoms with Crippen LogP contribution in [0.25, 0.3) is 38.2 Å². The molecular weight excluding hydrogens is 498 g/mol. The standard InChI is InChI=1S/C29H31N5O3S/c1-18-4-9-26-31-22(19-5-7-23(35)24(36)15-19)16-34(26)27(18)20-6-8-25-21(14-20)28(32-38-25)30-17-29(2,3)33-10-12-37-13-11-33/h4-9,14-16,35-36H,10-13,17H2,1-3H3,(H,30,32). The summed E-state index contributed by atoms with van der Waals surface area (Å²) in [6, 6.07) is 15.3. The highest BCUT2D eigenvalue weighted by atomic mass is 32.1. The van der Waals surface area contributed by atoms with Gasteiger partial charge >= 0.3 is 0 Å². The molecule has 196 valence electrons. The number of ether oxygens (including phenoxy) is 1. The van der Waals surface area contributed by atoms with Crippen LogP contribution in [0.2, 0.25) is 0 Å². The van der Waals surface area contributed by atoms with Crippen LogP contribution >= 0.6 is 11.5 Å². The Bertz CT molecular complexity index is 1630. The number of anilines is 1. The first-order valence-corrected chi connectivity index (χ1v) is 13.5. The Morgan fingerprint density at radius 3 is 2.58 bits per heavy atom. The van der Waals surface area contributed by atoms with E-state index < -0.39 is 0 Å². The number of nitrogens with one attached hydrogen (secondary N) is 1. The van der Waals surface area contributed by atoms with Crippen LogP contribution in [0.1, 0.15) is 19.4 Å². The van der Waals surface area contributed by atoms with Crippen LogP contribution < -0.4 is 5.32 Å². The number of aromatic hydroxyl groups is 2. The molecule has 0 atom stereocenters. The van der Waals surface area contributed by atoms with E-state index in [0.717, 1.165) is 82.5 Å². The first-order chi connectivity index (χ1) is 18.3. The summed E-state index contributed by atoms with van der Waals surface area (Å²) in [6.07, 6.45) is 1.98. The van der Waals surface area contributed by atoms with Gasteiger partial charge in [0.2, 0.25) is 0 Å². The molecule has 0 amide bonds. The molecule has 0 radical (unpaired) electrons. The Kier molecular flexibility index (Phi) is 6.22. The van der Waals surface area contributed by atoms with E-state index >= 15 is 0 Å². The van der Waals surface area contributed by atoms with Crippen molar-refractivity contribution in [3.63, 3.8) is 0 Å². The zero-order valence-corrected chi connectivity index (χ0v) is 22.5. The van der Waals surface area contributed by atoms with Crippen molar-refractivity contribution in [2.75, 3.05) is 38.2 Å². The van der Waals surface area contributed by atoms with Gasteiger partial charge in [0.15, 0.2) is 11.5 Å². The van der Waals surface area contributed by atoms with Crippen LogP contribution in [0, 0.1) is 6.92 Å². The maximum atomic E-state index is 9.98. The molecule has 3 N–H and O–H groups in total. The van der Waals surface area contributed by atoms with Crippen molar-refractivity contribution in [1.29, 1.82) is 0 Å². The monoisotopic (exact) mass is 529 g/mol. The lowest BCUT2D eigenvalue weighted by atomic mass is 10.0. The summed E-state index contributed by atoms with van der Waals surface area (Å²) in [6.45, 7) is 10.9. The van der Waals surface area contributed by atoms with E-state index in [9.17, 15) is 10.2 Å². The summed E-state index contributed by atoms with van der Waals surface area (Å²) >= 11 is 1.51. The quantitative estimate of drug-likeness (QED) is 0.249. The molecule has 0 spiro atoms. The van der Waals surface area contributed by atoms with E-state index in [2.05, 4.69) is 59.7 Å². The average molecular weight is 530 g/mol. The second-order valence-corrected chi connectivity index (χ2v) is 11.2. The Hall–Kier alpha value is -3.66. The summed E-state index contributed by atoms with van der Waals surface area (Å²) in [5.74, 6) is 0.594. The Labute approximate surface area is 225 Å². The molecule has 0 bridgehead atoms. The number of nitrogens with zero attached hydrogens (tertiary/aromatic N) is 4. The molecule has 1 saturated heterocycles. The molecule has 9 heteroatoms. The predicted molar refractivity (Wildman–Crippen MR) is 152 cm³/mol. The van der Waals surface area contributed by atoms with Gasteiger partial charge in [-0.2, -0.15) is 4.37 Å². The number of phenolic OH excluding ortho intramolecular Hbond substituents is 2. The molecule has 1 aliphatic heterocycles. The number of hydrogen-bond acceptors (Lipinski definition) is 8.